The number of fused-ring (bicyclic) bond motifs is 5. The molecular weight excluding hydrogens is 670 g/mol. The number of aliphatic hydroxyl groups is 1. The predicted molar refractivity (Wildman–Crippen MR) is 191 cm³/mol. The van der Waals surface area contributed by atoms with E-state index in [4.69, 9.17) is 43.6 Å². The molecule has 3 saturated heterocycles. The number of esters is 1. The molecule has 3 heterocycles. The van der Waals surface area contributed by atoms with Crippen LogP contribution in [0, 0.1) is 41.4 Å². The fourth-order valence-electron chi connectivity index (χ4n) is 10.5. The summed E-state index contributed by atoms with van der Waals surface area (Å²) in [6.45, 7) is 10.2. The van der Waals surface area contributed by atoms with Crippen LogP contribution in [0.1, 0.15) is 92.4 Å². The average Bonchev–Trinajstić information content (AvgIpc) is 3.71. The highest BCUT2D eigenvalue weighted by Gasteiger charge is 2.59. The number of carbonyl (C=O) groups excluding carboxylic acids is 2. The normalized spacial score (nSPS) is 48.8. The summed E-state index contributed by atoms with van der Waals surface area (Å²) in [5, 5.41) is 11.8. The lowest BCUT2D eigenvalue weighted by Crippen LogP contribution is -2.59. The van der Waals surface area contributed by atoms with Crippen molar-refractivity contribution in [2.75, 3.05) is 21.3 Å². The van der Waals surface area contributed by atoms with Gasteiger partial charge in [0.2, 0.25) is 0 Å². The first-order valence-corrected chi connectivity index (χ1v) is 20.0. The van der Waals surface area contributed by atoms with Gasteiger partial charge in [-0.05, 0) is 100 Å². The highest BCUT2D eigenvalue weighted by molar-refractivity contribution is 5.99. The summed E-state index contributed by atoms with van der Waals surface area (Å²) in [5.41, 5.74) is 7.57. The Morgan fingerprint density at radius 2 is 1.58 bits per heavy atom. The number of rotatable bonds is 8. The Morgan fingerprint density at radius 3 is 2.25 bits per heavy atom. The van der Waals surface area contributed by atoms with E-state index in [0.29, 0.717) is 43.6 Å². The summed E-state index contributed by atoms with van der Waals surface area (Å²) in [6, 6.07) is -0.626. The van der Waals surface area contributed by atoms with Gasteiger partial charge >= 0.3 is 5.97 Å². The second-order valence-electron chi connectivity index (χ2n) is 16.6. The van der Waals surface area contributed by atoms with E-state index < -0.39 is 42.5 Å². The SMILES string of the molecule is CC[C@H]1CCC[C@H](O[C@H]2CC[C@H](C)C(C)O2)[C@@H](C)C(=O)C2=C[C@H]3[C@@H]4C[C@H](O[C@@H]5OC(C)[C@H](OC)C(OC)C5OC)C[C@H]4[C@@H](O)[C@H](N)[C@H]3[C@@H]2CC(=O)O1. The maximum atomic E-state index is 14.7. The standard InChI is InChI=1S/C40H65NO11/c1-9-23-11-10-12-30(52-32-14-13-19(2)21(4)48-32)20(3)35(43)29-17-26-25-15-24(51-40-39(47-8)38(46-7)37(45-6)22(5)49-40)16-28(25)36(44)34(41)33(26)27(29)18-31(42)50-23/h17,19-28,30,32-34,36-40,44H,9-16,18,41H2,1-8H3/t19-,20+,21?,22?,23-,24-,25-,26-,27+,28+,30-,32-,33+,34+,36+,37-,38?,39?,40-/m0/s1. The minimum absolute atomic E-state index is 0.00104. The van der Waals surface area contributed by atoms with E-state index >= 15 is 0 Å². The van der Waals surface area contributed by atoms with Crippen molar-refractivity contribution >= 4 is 11.8 Å². The van der Waals surface area contributed by atoms with E-state index in [0.717, 1.165) is 19.3 Å². The largest absolute Gasteiger partial charge is 0.462 e. The molecular formula is C40H65NO11. The zero-order valence-electron chi connectivity index (χ0n) is 32.5. The molecule has 6 rings (SSSR count). The number of hydrogen-bond donors (Lipinski definition) is 2. The van der Waals surface area contributed by atoms with Gasteiger partial charge in [0.25, 0.3) is 0 Å². The smallest absolute Gasteiger partial charge is 0.306 e. The molecule has 4 unspecified atom stereocenters. The number of nitrogens with two attached hydrogens (primary N) is 1. The van der Waals surface area contributed by atoms with E-state index in [2.05, 4.69) is 19.9 Å². The number of ether oxygens (including phenoxy) is 8. The third-order valence-corrected chi connectivity index (χ3v) is 13.7. The highest BCUT2D eigenvalue weighted by atomic mass is 16.7. The van der Waals surface area contributed by atoms with Crippen LogP contribution in [0.4, 0.5) is 0 Å². The predicted octanol–water partition coefficient (Wildman–Crippen LogP) is 4.33. The average molecular weight is 736 g/mol. The second-order valence-corrected chi connectivity index (χ2v) is 16.6. The molecule has 0 bridgehead atoms. The molecule has 2 saturated carbocycles. The van der Waals surface area contributed by atoms with Gasteiger partial charge in [0.05, 0.1) is 36.9 Å². The molecule has 3 aliphatic heterocycles. The summed E-state index contributed by atoms with van der Waals surface area (Å²) in [7, 11) is 4.87. The molecule has 6 aliphatic rings. The van der Waals surface area contributed by atoms with Gasteiger partial charge in [0, 0.05) is 39.2 Å². The molecule has 19 atom stereocenters. The Hall–Kier alpha value is -1.48. The molecule has 0 aromatic rings. The molecule has 12 heteroatoms. The van der Waals surface area contributed by atoms with E-state index in [9.17, 15) is 14.7 Å². The Labute approximate surface area is 310 Å². The molecule has 0 spiro atoms. The minimum Gasteiger partial charge on any atom is -0.462 e. The molecule has 0 radical (unpaired) electrons. The highest BCUT2D eigenvalue weighted by Crippen LogP contribution is 2.56. The maximum absolute atomic E-state index is 14.7. The lowest BCUT2D eigenvalue weighted by atomic mass is 9.62. The first-order chi connectivity index (χ1) is 24.9. The van der Waals surface area contributed by atoms with Crippen molar-refractivity contribution in [2.24, 2.45) is 47.2 Å². The van der Waals surface area contributed by atoms with Gasteiger partial charge < -0.3 is 48.7 Å². The quantitative estimate of drug-likeness (QED) is 0.341. The van der Waals surface area contributed by atoms with Crippen molar-refractivity contribution < 1.29 is 52.6 Å². The van der Waals surface area contributed by atoms with Gasteiger partial charge in [-0.25, -0.2) is 0 Å². The third kappa shape index (κ3) is 7.93. The van der Waals surface area contributed by atoms with Crippen LogP contribution in [0.3, 0.4) is 0 Å². The Bertz CT molecular complexity index is 1260. The number of ketones is 1. The summed E-state index contributed by atoms with van der Waals surface area (Å²) in [4.78, 5) is 28.2. The van der Waals surface area contributed by atoms with Gasteiger partial charge in [-0.1, -0.05) is 26.8 Å². The van der Waals surface area contributed by atoms with E-state index in [-0.39, 0.29) is 84.8 Å². The number of cyclic esters (lactones) is 1. The lowest BCUT2D eigenvalue weighted by Gasteiger charge is -2.45. The lowest BCUT2D eigenvalue weighted by molar-refractivity contribution is -0.314. The number of carbonyl (C=O) groups is 2. The summed E-state index contributed by atoms with van der Waals surface area (Å²) in [5.74, 6) is -1.32. The zero-order valence-corrected chi connectivity index (χ0v) is 32.5. The van der Waals surface area contributed by atoms with Crippen molar-refractivity contribution in [1.82, 2.24) is 0 Å². The molecule has 5 fully saturated rings. The minimum atomic E-state index is -0.821. The molecule has 0 amide bonds. The Morgan fingerprint density at radius 1 is 0.865 bits per heavy atom. The Balaban J connectivity index is 1.25. The fraction of sp³-hybridized carbons (Fsp3) is 0.900. The van der Waals surface area contributed by atoms with Crippen molar-refractivity contribution in [1.29, 1.82) is 0 Å². The molecule has 296 valence electrons. The second kappa shape index (κ2) is 17.1. The summed E-state index contributed by atoms with van der Waals surface area (Å²) < 4.78 is 49.2. The summed E-state index contributed by atoms with van der Waals surface area (Å²) >= 11 is 0. The van der Waals surface area contributed by atoms with Crippen LogP contribution in [0.15, 0.2) is 11.6 Å². The maximum Gasteiger partial charge on any atom is 0.306 e. The van der Waals surface area contributed by atoms with E-state index in [1.807, 2.05) is 20.8 Å². The van der Waals surface area contributed by atoms with Crippen LogP contribution in [0.25, 0.3) is 0 Å². The first-order valence-electron chi connectivity index (χ1n) is 20.0. The van der Waals surface area contributed by atoms with Crippen LogP contribution in [0.2, 0.25) is 0 Å². The van der Waals surface area contributed by atoms with E-state index in [1.165, 1.54) is 0 Å². The molecule has 0 aromatic heterocycles. The summed E-state index contributed by atoms with van der Waals surface area (Å²) in [6.07, 6.45) is 3.93. The molecule has 52 heavy (non-hydrogen) atoms. The van der Waals surface area contributed by atoms with Gasteiger partial charge in [-0.2, -0.15) is 0 Å². The zero-order chi connectivity index (χ0) is 37.4. The molecule has 0 aromatic carbocycles. The van der Waals surface area contributed by atoms with Crippen LogP contribution >= 0.6 is 0 Å². The number of Topliss-reactive ketones (excluding diaryl/α,β-unsaturated/α-hetero) is 1. The van der Waals surface area contributed by atoms with Crippen LogP contribution in [-0.2, 0) is 47.5 Å². The Kier molecular flexibility index (Phi) is 13.2. The number of allylic oxidation sites excluding steroid dienone is 2. The van der Waals surface area contributed by atoms with Crippen molar-refractivity contribution in [3.8, 4) is 0 Å². The first kappa shape index (κ1) is 40.2. The molecule has 3 N–H and O–H groups in total. The fourth-order valence-corrected chi connectivity index (χ4v) is 10.5. The van der Waals surface area contributed by atoms with Gasteiger partial charge in [0.15, 0.2) is 18.4 Å². The van der Waals surface area contributed by atoms with Gasteiger partial charge in [0.1, 0.15) is 24.4 Å². The van der Waals surface area contributed by atoms with Gasteiger partial charge in [-0.3, -0.25) is 9.59 Å². The number of aliphatic hydroxyl groups excluding tert-OH is 1. The number of methoxy groups -OCH3 is 3. The van der Waals surface area contributed by atoms with Crippen LogP contribution in [-0.4, -0.2) is 112 Å². The van der Waals surface area contributed by atoms with Crippen molar-refractivity contribution in [3.05, 3.63) is 11.6 Å². The van der Waals surface area contributed by atoms with Crippen molar-refractivity contribution in [3.63, 3.8) is 0 Å². The third-order valence-electron chi connectivity index (χ3n) is 13.7. The number of hydrogen-bond acceptors (Lipinski definition) is 12. The van der Waals surface area contributed by atoms with Gasteiger partial charge in [-0.15, -0.1) is 0 Å². The topological polar surface area (TPSA) is 154 Å². The molecule has 3 aliphatic carbocycles. The van der Waals surface area contributed by atoms with Crippen LogP contribution < -0.4 is 5.73 Å². The van der Waals surface area contributed by atoms with Crippen LogP contribution in [0.5, 0.6) is 0 Å². The van der Waals surface area contributed by atoms with E-state index in [1.54, 1.807) is 21.3 Å². The monoisotopic (exact) mass is 735 g/mol. The molecule has 12 nitrogen and oxygen atoms in total. The van der Waals surface area contributed by atoms with Crippen molar-refractivity contribution in [2.45, 2.75) is 166 Å².